The second-order valence-corrected chi connectivity index (χ2v) is 5.15. The predicted molar refractivity (Wildman–Crippen MR) is 60.6 cm³/mol. The van der Waals surface area contributed by atoms with Gasteiger partial charge in [-0.1, -0.05) is 20.3 Å². The summed E-state index contributed by atoms with van der Waals surface area (Å²) < 4.78 is 4.73. The van der Waals surface area contributed by atoms with Crippen LogP contribution >= 0.6 is 0 Å². The van der Waals surface area contributed by atoms with Gasteiger partial charge < -0.3 is 10.1 Å². The largest absolute Gasteiger partial charge is 0.469 e. The highest BCUT2D eigenvalue weighted by Crippen LogP contribution is 2.39. The van der Waals surface area contributed by atoms with Crippen molar-refractivity contribution in [1.29, 1.82) is 0 Å². The third-order valence-electron chi connectivity index (χ3n) is 3.73. The molecule has 0 heterocycles. The average molecular weight is 213 g/mol. The summed E-state index contributed by atoms with van der Waals surface area (Å²) in [6.07, 6.45) is 3.96. The van der Waals surface area contributed by atoms with E-state index in [1.54, 1.807) is 0 Å². The first-order valence-electron chi connectivity index (χ1n) is 5.80. The summed E-state index contributed by atoms with van der Waals surface area (Å²) in [5.74, 6) is -0.201. The van der Waals surface area contributed by atoms with Crippen LogP contribution < -0.4 is 5.32 Å². The van der Waals surface area contributed by atoms with E-state index in [1.165, 1.54) is 26.4 Å². The number of hydrogen-bond acceptors (Lipinski definition) is 3. The molecule has 1 N–H and O–H groups in total. The molecule has 2 unspecified atom stereocenters. The van der Waals surface area contributed by atoms with Gasteiger partial charge >= 0.3 is 5.97 Å². The van der Waals surface area contributed by atoms with Gasteiger partial charge in [0, 0.05) is 12.6 Å². The highest BCUT2D eigenvalue weighted by Gasteiger charge is 2.32. The van der Waals surface area contributed by atoms with Crippen LogP contribution in [0.4, 0.5) is 0 Å². The highest BCUT2D eigenvalue weighted by molar-refractivity contribution is 5.72. The minimum absolute atomic E-state index is 0.0707. The second-order valence-electron chi connectivity index (χ2n) is 5.15. The summed E-state index contributed by atoms with van der Waals surface area (Å²) in [5, 5.41) is 3.44. The molecule has 1 aliphatic carbocycles. The molecule has 0 aromatic rings. The van der Waals surface area contributed by atoms with E-state index >= 15 is 0 Å². The maximum absolute atomic E-state index is 11.3. The lowest BCUT2D eigenvalue weighted by Gasteiger charge is -2.39. The van der Waals surface area contributed by atoms with Crippen LogP contribution in [0.2, 0.25) is 0 Å². The maximum atomic E-state index is 11.3. The number of hydrogen-bond donors (Lipinski definition) is 1. The molecule has 1 rings (SSSR count). The van der Waals surface area contributed by atoms with Crippen LogP contribution in [0, 0.1) is 11.3 Å². The highest BCUT2D eigenvalue weighted by atomic mass is 16.5. The number of rotatable bonds is 5. The Morgan fingerprint density at radius 2 is 2.07 bits per heavy atom. The zero-order valence-corrected chi connectivity index (χ0v) is 10.3. The molecule has 3 heteroatoms. The van der Waals surface area contributed by atoms with E-state index in [0.717, 1.165) is 6.54 Å². The Balaban J connectivity index is 2.28. The molecule has 15 heavy (non-hydrogen) atoms. The Kier molecular flexibility index (Phi) is 4.14. The van der Waals surface area contributed by atoms with E-state index in [2.05, 4.69) is 12.2 Å². The quantitative estimate of drug-likeness (QED) is 0.709. The SMILES string of the molecule is COC(=O)C(C)C(C)NCC1(C)CCC1. The number of esters is 1. The second kappa shape index (κ2) is 4.97. The molecule has 1 saturated carbocycles. The summed E-state index contributed by atoms with van der Waals surface area (Å²) in [4.78, 5) is 11.3. The molecule has 0 amide bonds. The Morgan fingerprint density at radius 1 is 1.47 bits per heavy atom. The van der Waals surface area contributed by atoms with Gasteiger partial charge in [0.2, 0.25) is 0 Å². The van der Waals surface area contributed by atoms with Crippen molar-refractivity contribution in [1.82, 2.24) is 5.32 Å². The predicted octanol–water partition coefficient (Wildman–Crippen LogP) is 1.96. The molecule has 0 aromatic carbocycles. The van der Waals surface area contributed by atoms with Gasteiger partial charge in [-0.05, 0) is 25.2 Å². The fourth-order valence-corrected chi connectivity index (χ4v) is 1.93. The van der Waals surface area contributed by atoms with Gasteiger partial charge in [0.1, 0.15) is 0 Å². The van der Waals surface area contributed by atoms with Crippen LogP contribution in [0.1, 0.15) is 40.0 Å². The van der Waals surface area contributed by atoms with Crippen molar-refractivity contribution in [2.75, 3.05) is 13.7 Å². The van der Waals surface area contributed by atoms with Crippen molar-refractivity contribution >= 4 is 5.97 Å². The van der Waals surface area contributed by atoms with Crippen molar-refractivity contribution in [3.8, 4) is 0 Å². The molecule has 1 aliphatic rings. The molecule has 0 aromatic heterocycles. The number of nitrogens with one attached hydrogen (secondary N) is 1. The van der Waals surface area contributed by atoms with Crippen molar-refractivity contribution in [3.63, 3.8) is 0 Å². The van der Waals surface area contributed by atoms with Crippen molar-refractivity contribution < 1.29 is 9.53 Å². The molecule has 0 bridgehead atoms. The van der Waals surface area contributed by atoms with E-state index in [-0.39, 0.29) is 17.9 Å². The number of ether oxygens (including phenoxy) is 1. The summed E-state index contributed by atoms with van der Waals surface area (Å²) >= 11 is 0. The van der Waals surface area contributed by atoms with Gasteiger partial charge in [-0.3, -0.25) is 4.79 Å². The van der Waals surface area contributed by atoms with Gasteiger partial charge in [-0.25, -0.2) is 0 Å². The van der Waals surface area contributed by atoms with Crippen LogP contribution in [-0.4, -0.2) is 25.7 Å². The van der Waals surface area contributed by atoms with Gasteiger partial charge in [-0.2, -0.15) is 0 Å². The van der Waals surface area contributed by atoms with E-state index in [4.69, 9.17) is 4.74 Å². The molecule has 0 spiro atoms. The molecular formula is C12H23NO2. The van der Waals surface area contributed by atoms with Gasteiger partial charge in [0.05, 0.1) is 13.0 Å². The van der Waals surface area contributed by atoms with E-state index < -0.39 is 0 Å². The average Bonchev–Trinajstić information content (AvgIpc) is 2.20. The molecule has 88 valence electrons. The zero-order valence-electron chi connectivity index (χ0n) is 10.3. The van der Waals surface area contributed by atoms with Crippen LogP contribution in [0.5, 0.6) is 0 Å². The summed E-state index contributed by atoms with van der Waals surface area (Å²) in [5.41, 5.74) is 0.462. The third kappa shape index (κ3) is 3.20. The number of methoxy groups -OCH3 is 1. The van der Waals surface area contributed by atoms with Gasteiger partial charge in [0.25, 0.3) is 0 Å². The maximum Gasteiger partial charge on any atom is 0.309 e. The van der Waals surface area contributed by atoms with Crippen LogP contribution in [-0.2, 0) is 9.53 Å². The van der Waals surface area contributed by atoms with Crippen molar-refractivity contribution in [2.45, 2.75) is 46.1 Å². The van der Waals surface area contributed by atoms with Gasteiger partial charge in [-0.15, -0.1) is 0 Å². The fraction of sp³-hybridized carbons (Fsp3) is 0.917. The third-order valence-corrected chi connectivity index (χ3v) is 3.73. The minimum Gasteiger partial charge on any atom is -0.469 e. The van der Waals surface area contributed by atoms with Crippen molar-refractivity contribution in [3.05, 3.63) is 0 Å². The Hall–Kier alpha value is -0.570. The number of carbonyl (C=O) groups excluding carboxylic acids is 1. The lowest BCUT2D eigenvalue weighted by atomic mass is 9.70. The minimum atomic E-state index is -0.131. The fourth-order valence-electron chi connectivity index (χ4n) is 1.93. The zero-order chi connectivity index (χ0) is 11.5. The van der Waals surface area contributed by atoms with E-state index in [0.29, 0.717) is 5.41 Å². The first-order valence-corrected chi connectivity index (χ1v) is 5.80. The molecule has 0 radical (unpaired) electrons. The Labute approximate surface area is 92.6 Å². The molecule has 3 nitrogen and oxygen atoms in total. The lowest BCUT2D eigenvalue weighted by Crippen LogP contribution is -2.44. The molecule has 2 atom stereocenters. The monoisotopic (exact) mass is 213 g/mol. The first-order chi connectivity index (χ1) is 6.98. The summed E-state index contributed by atoms with van der Waals surface area (Å²) in [7, 11) is 1.44. The Morgan fingerprint density at radius 3 is 2.47 bits per heavy atom. The van der Waals surface area contributed by atoms with Crippen molar-refractivity contribution in [2.24, 2.45) is 11.3 Å². The van der Waals surface area contributed by atoms with Gasteiger partial charge in [0.15, 0.2) is 0 Å². The van der Waals surface area contributed by atoms with Crippen LogP contribution in [0.3, 0.4) is 0 Å². The molecule has 0 aliphatic heterocycles. The lowest BCUT2D eigenvalue weighted by molar-refractivity contribution is -0.145. The topological polar surface area (TPSA) is 38.3 Å². The molecule has 1 fully saturated rings. The van der Waals surface area contributed by atoms with Crippen LogP contribution in [0.15, 0.2) is 0 Å². The first kappa shape index (κ1) is 12.5. The summed E-state index contributed by atoms with van der Waals surface area (Å²) in [6.45, 7) is 7.27. The smallest absolute Gasteiger partial charge is 0.309 e. The van der Waals surface area contributed by atoms with Crippen LogP contribution in [0.25, 0.3) is 0 Å². The molecular weight excluding hydrogens is 190 g/mol. The normalized spacial score (nSPS) is 22.7. The van der Waals surface area contributed by atoms with E-state index in [1.807, 2.05) is 13.8 Å². The molecule has 0 saturated heterocycles. The van der Waals surface area contributed by atoms with E-state index in [9.17, 15) is 4.79 Å². The number of carbonyl (C=O) groups is 1. The standard InChI is InChI=1S/C12H23NO2/c1-9(11(14)15-4)10(2)13-8-12(3)6-5-7-12/h9-10,13H,5-8H2,1-4H3. The Bertz CT molecular complexity index is 224. The summed E-state index contributed by atoms with van der Waals surface area (Å²) in [6, 6.07) is 0.190.